The third kappa shape index (κ3) is 2.51. The topological polar surface area (TPSA) is 83.0 Å². The van der Waals surface area contributed by atoms with Gasteiger partial charge in [-0.05, 0) is 19.1 Å². The van der Waals surface area contributed by atoms with Gasteiger partial charge in [0, 0.05) is 24.7 Å². The normalized spacial score (nSPS) is 10.3. The first-order valence-corrected chi connectivity index (χ1v) is 6.80. The smallest absolute Gasteiger partial charge is 0.266 e. The van der Waals surface area contributed by atoms with Gasteiger partial charge in [-0.3, -0.25) is 4.79 Å². The molecule has 0 aliphatic rings. The van der Waals surface area contributed by atoms with Crippen LogP contribution in [0.5, 0.6) is 0 Å². The monoisotopic (exact) mass is 274 g/mol. The summed E-state index contributed by atoms with van der Waals surface area (Å²) in [5.74, 6) is -0.127. The molecular formula is C13H14N4OS. The molecule has 0 spiro atoms. The number of nitrogens with two attached hydrogens (primary N) is 1. The van der Waals surface area contributed by atoms with Gasteiger partial charge in [-0.1, -0.05) is 0 Å². The predicted octanol–water partition coefficient (Wildman–Crippen LogP) is 2.25. The Morgan fingerprint density at radius 3 is 3.05 bits per heavy atom. The average molecular weight is 274 g/mol. The van der Waals surface area contributed by atoms with Crippen molar-refractivity contribution in [3.8, 4) is 6.07 Å². The fourth-order valence-electron chi connectivity index (χ4n) is 1.84. The van der Waals surface area contributed by atoms with E-state index >= 15 is 0 Å². The number of hydrogen-bond acceptors (Lipinski definition) is 5. The SMILES string of the molecule is CCN(CCC#N)C(=O)c1sc2ncccc2c1N. The molecule has 1 amide bonds. The van der Waals surface area contributed by atoms with E-state index in [2.05, 4.69) is 4.98 Å². The molecule has 0 aliphatic carbocycles. The van der Waals surface area contributed by atoms with Crippen LogP contribution in [-0.2, 0) is 0 Å². The van der Waals surface area contributed by atoms with Crippen LogP contribution in [0.25, 0.3) is 10.2 Å². The molecule has 0 fully saturated rings. The molecular weight excluding hydrogens is 260 g/mol. The number of fused-ring (bicyclic) bond motifs is 1. The predicted molar refractivity (Wildman–Crippen MR) is 75.8 cm³/mol. The second-order valence-electron chi connectivity index (χ2n) is 3.99. The van der Waals surface area contributed by atoms with Crippen molar-refractivity contribution < 1.29 is 4.79 Å². The highest BCUT2D eigenvalue weighted by atomic mass is 32.1. The van der Waals surface area contributed by atoms with Gasteiger partial charge in [0.1, 0.15) is 9.71 Å². The van der Waals surface area contributed by atoms with Crippen molar-refractivity contribution in [2.24, 2.45) is 0 Å². The first kappa shape index (κ1) is 13.3. The second-order valence-corrected chi connectivity index (χ2v) is 4.99. The first-order valence-electron chi connectivity index (χ1n) is 5.98. The molecule has 2 aromatic heterocycles. The molecule has 0 saturated heterocycles. The van der Waals surface area contributed by atoms with Crippen LogP contribution in [0.15, 0.2) is 18.3 Å². The summed E-state index contributed by atoms with van der Waals surface area (Å²) < 4.78 is 0. The lowest BCUT2D eigenvalue weighted by atomic mass is 10.2. The van der Waals surface area contributed by atoms with E-state index in [1.807, 2.05) is 19.1 Å². The van der Waals surface area contributed by atoms with E-state index < -0.39 is 0 Å². The molecule has 6 heteroatoms. The second kappa shape index (κ2) is 5.67. The third-order valence-corrected chi connectivity index (χ3v) is 3.98. The maximum atomic E-state index is 12.4. The quantitative estimate of drug-likeness (QED) is 0.926. The zero-order chi connectivity index (χ0) is 13.8. The van der Waals surface area contributed by atoms with E-state index in [4.69, 9.17) is 11.0 Å². The first-order chi connectivity index (χ1) is 9.19. The van der Waals surface area contributed by atoms with Crippen LogP contribution in [0.2, 0.25) is 0 Å². The molecule has 19 heavy (non-hydrogen) atoms. The highest BCUT2D eigenvalue weighted by molar-refractivity contribution is 7.21. The molecule has 2 N–H and O–H groups in total. The summed E-state index contributed by atoms with van der Waals surface area (Å²) in [6, 6.07) is 5.70. The maximum absolute atomic E-state index is 12.4. The van der Waals surface area contributed by atoms with Gasteiger partial charge in [0.25, 0.3) is 5.91 Å². The molecule has 2 heterocycles. The Balaban J connectivity index is 2.35. The maximum Gasteiger partial charge on any atom is 0.266 e. The number of anilines is 1. The minimum absolute atomic E-state index is 0.127. The van der Waals surface area contributed by atoms with E-state index in [-0.39, 0.29) is 5.91 Å². The van der Waals surface area contributed by atoms with Crippen LogP contribution in [0, 0.1) is 11.3 Å². The summed E-state index contributed by atoms with van der Waals surface area (Å²) in [5.41, 5.74) is 6.50. The van der Waals surface area contributed by atoms with Crippen LogP contribution < -0.4 is 5.73 Å². The molecule has 0 bridgehead atoms. The van der Waals surface area contributed by atoms with E-state index in [1.54, 1.807) is 17.2 Å². The molecule has 98 valence electrons. The van der Waals surface area contributed by atoms with Gasteiger partial charge in [-0.25, -0.2) is 4.98 Å². The number of rotatable bonds is 4. The summed E-state index contributed by atoms with van der Waals surface area (Å²) >= 11 is 1.30. The molecule has 0 radical (unpaired) electrons. The molecule has 5 nitrogen and oxygen atoms in total. The van der Waals surface area contributed by atoms with Crippen LogP contribution in [0.4, 0.5) is 5.69 Å². The Kier molecular flexibility index (Phi) is 3.97. The number of aromatic nitrogens is 1. The molecule has 0 unspecified atom stereocenters. The highest BCUT2D eigenvalue weighted by Crippen LogP contribution is 2.32. The lowest BCUT2D eigenvalue weighted by Crippen LogP contribution is -2.31. The number of nitrogens with zero attached hydrogens (tertiary/aromatic N) is 3. The Labute approximate surface area is 115 Å². The fourth-order valence-corrected chi connectivity index (χ4v) is 2.87. The summed E-state index contributed by atoms with van der Waals surface area (Å²) in [5, 5.41) is 9.42. The van der Waals surface area contributed by atoms with Crippen LogP contribution in [0.1, 0.15) is 23.0 Å². The summed E-state index contributed by atoms with van der Waals surface area (Å²) in [7, 11) is 0. The van der Waals surface area contributed by atoms with Gasteiger partial charge in [0.05, 0.1) is 18.2 Å². The molecule has 2 rings (SSSR count). The van der Waals surface area contributed by atoms with Crippen LogP contribution in [-0.4, -0.2) is 28.9 Å². The van der Waals surface area contributed by atoms with E-state index in [9.17, 15) is 4.79 Å². The number of pyridine rings is 1. The summed E-state index contributed by atoms with van der Waals surface area (Å²) in [6.07, 6.45) is 2.00. The van der Waals surface area contributed by atoms with Crippen molar-refractivity contribution in [2.75, 3.05) is 18.8 Å². The van der Waals surface area contributed by atoms with Crippen molar-refractivity contribution >= 4 is 33.1 Å². The van der Waals surface area contributed by atoms with Gasteiger partial charge in [0.2, 0.25) is 0 Å². The number of amides is 1. The zero-order valence-electron chi connectivity index (χ0n) is 10.6. The Bertz CT molecular complexity index is 644. The fraction of sp³-hybridized carbons (Fsp3) is 0.308. The number of hydrogen-bond donors (Lipinski definition) is 1. The largest absolute Gasteiger partial charge is 0.397 e. The van der Waals surface area contributed by atoms with E-state index in [1.165, 1.54) is 11.3 Å². The number of carbonyl (C=O) groups excluding carboxylic acids is 1. The number of thiophene rings is 1. The van der Waals surface area contributed by atoms with Crippen molar-refractivity contribution in [3.05, 3.63) is 23.2 Å². The Hall–Kier alpha value is -2.13. The van der Waals surface area contributed by atoms with Crippen LogP contribution in [0.3, 0.4) is 0 Å². The Morgan fingerprint density at radius 1 is 1.63 bits per heavy atom. The lowest BCUT2D eigenvalue weighted by molar-refractivity contribution is 0.0773. The minimum atomic E-state index is -0.127. The highest BCUT2D eigenvalue weighted by Gasteiger charge is 2.21. The van der Waals surface area contributed by atoms with E-state index in [0.717, 1.165) is 10.2 Å². The third-order valence-electron chi connectivity index (χ3n) is 2.86. The molecule has 0 saturated carbocycles. The van der Waals surface area contributed by atoms with Crippen molar-refractivity contribution in [3.63, 3.8) is 0 Å². The molecule has 0 aliphatic heterocycles. The molecule has 0 aromatic carbocycles. The van der Waals surface area contributed by atoms with Gasteiger partial charge < -0.3 is 10.6 Å². The van der Waals surface area contributed by atoms with E-state index in [0.29, 0.717) is 30.1 Å². The average Bonchev–Trinajstić information content (AvgIpc) is 2.77. The van der Waals surface area contributed by atoms with Crippen molar-refractivity contribution in [2.45, 2.75) is 13.3 Å². The van der Waals surface area contributed by atoms with Gasteiger partial charge >= 0.3 is 0 Å². The molecule has 2 aromatic rings. The number of nitriles is 1. The Morgan fingerprint density at radius 2 is 2.42 bits per heavy atom. The zero-order valence-corrected chi connectivity index (χ0v) is 11.4. The summed E-state index contributed by atoms with van der Waals surface area (Å²) in [4.78, 5) is 19.5. The van der Waals surface area contributed by atoms with Crippen molar-refractivity contribution in [1.82, 2.24) is 9.88 Å². The van der Waals surface area contributed by atoms with Crippen LogP contribution >= 0.6 is 11.3 Å². The standard InChI is InChI=1S/C13H14N4OS/c1-2-17(8-4-6-14)13(18)11-10(15)9-5-3-7-16-12(9)19-11/h3,5,7H,2,4,8,15H2,1H3. The summed E-state index contributed by atoms with van der Waals surface area (Å²) in [6.45, 7) is 2.87. The number of carbonyl (C=O) groups is 1. The van der Waals surface area contributed by atoms with Gasteiger partial charge in [-0.2, -0.15) is 5.26 Å². The number of nitrogen functional groups attached to an aromatic ring is 1. The molecule has 0 atom stereocenters. The lowest BCUT2D eigenvalue weighted by Gasteiger charge is -2.18. The van der Waals surface area contributed by atoms with Crippen molar-refractivity contribution in [1.29, 1.82) is 5.26 Å². The minimum Gasteiger partial charge on any atom is -0.397 e. The van der Waals surface area contributed by atoms with Gasteiger partial charge in [-0.15, -0.1) is 11.3 Å². The van der Waals surface area contributed by atoms with Gasteiger partial charge in [0.15, 0.2) is 0 Å².